The molecular weight excluding hydrogens is 312 g/mol. The summed E-state index contributed by atoms with van der Waals surface area (Å²) in [7, 11) is 1.41. The van der Waals surface area contributed by atoms with Gasteiger partial charge in [-0.25, -0.2) is 0 Å². The van der Waals surface area contributed by atoms with Gasteiger partial charge in [0.1, 0.15) is 18.5 Å². The third-order valence-electron chi connectivity index (χ3n) is 3.15. The minimum atomic E-state index is -0.255. The maximum atomic E-state index is 11.9. The Morgan fingerprint density at radius 2 is 2.05 bits per heavy atom. The van der Waals surface area contributed by atoms with Crippen molar-refractivity contribution in [2.45, 2.75) is 36.3 Å². The molecule has 0 saturated heterocycles. The lowest BCUT2D eigenvalue weighted by Gasteiger charge is -2.21. The van der Waals surface area contributed by atoms with Gasteiger partial charge < -0.3 is 14.2 Å². The molecule has 0 saturated carbocycles. The first-order valence-corrected chi connectivity index (χ1v) is 8.25. The van der Waals surface area contributed by atoms with Gasteiger partial charge in [-0.05, 0) is 12.5 Å². The van der Waals surface area contributed by atoms with Crippen LogP contribution in [0.15, 0.2) is 17.0 Å². The van der Waals surface area contributed by atoms with Crippen LogP contribution in [0.1, 0.15) is 26.2 Å². The number of fused-ring (bicyclic) bond motifs is 1. The van der Waals surface area contributed by atoms with Crippen molar-refractivity contribution in [1.82, 2.24) is 0 Å². The molecule has 0 fully saturated rings. The molecular formula is C15H19ClO4S. The predicted molar refractivity (Wildman–Crippen MR) is 83.6 cm³/mol. The smallest absolute Gasteiger partial charge is 0.319 e. The number of halogens is 1. The third-order valence-corrected chi connectivity index (χ3v) is 4.88. The van der Waals surface area contributed by atoms with Crippen LogP contribution in [-0.4, -0.2) is 31.5 Å². The van der Waals surface area contributed by atoms with E-state index < -0.39 is 0 Å². The van der Waals surface area contributed by atoms with E-state index >= 15 is 0 Å². The molecule has 0 N–H and O–H groups in total. The number of thioether (sulfide) groups is 1. The Hall–Kier alpha value is -1.07. The highest BCUT2D eigenvalue weighted by atomic mass is 35.5. The van der Waals surface area contributed by atoms with E-state index in [9.17, 15) is 4.79 Å². The maximum Gasteiger partial charge on any atom is 0.319 e. The van der Waals surface area contributed by atoms with Gasteiger partial charge in [0, 0.05) is 11.0 Å². The van der Waals surface area contributed by atoms with E-state index in [-0.39, 0.29) is 11.2 Å². The van der Waals surface area contributed by atoms with Crippen molar-refractivity contribution in [2.75, 3.05) is 20.3 Å². The highest BCUT2D eigenvalue weighted by molar-refractivity contribution is 8.00. The summed E-state index contributed by atoms with van der Waals surface area (Å²) in [4.78, 5) is 12.7. The van der Waals surface area contributed by atoms with Crippen molar-refractivity contribution in [3.05, 3.63) is 17.2 Å². The van der Waals surface area contributed by atoms with Crippen LogP contribution in [-0.2, 0) is 9.53 Å². The second-order valence-electron chi connectivity index (χ2n) is 4.70. The summed E-state index contributed by atoms with van der Waals surface area (Å²) in [6.45, 7) is 3.14. The number of esters is 1. The van der Waals surface area contributed by atoms with Crippen molar-refractivity contribution in [3.8, 4) is 11.5 Å². The third kappa shape index (κ3) is 4.20. The highest BCUT2D eigenvalue weighted by Gasteiger charge is 2.23. The molecule has 1 aromatic carbocycles. The van der Waals surface area contributed by atoms with Gasteiger partial charge in [-0.2, -0.15) is 0 Å². The van der Waals surface area contributed by atoms with Crippen LogP contribution < -0.4 is 9.47 Å². The number of rotatable bonds is 6. The van der Waals surface area contributed by atoms with Crippen molar-refractivity contribution in [2.24, 2.45) is 0 Å². The standard InChI is InChI=1S/C15H19ClO4S/c1-3-4-5-13(15(17)18-2)21-14-9-12-11(8-10(14)16)19-6-7-20-12/h8-9,13H,3-7H2,1-2H3. The topological polar surface area (TPSA) is 44.8 Å². The largest absolute Gasteiger partial charge is 0.486 e. The van der Waals surface area contributed by atoms with Crippen LogP contribution >= 0.6 is 23.4 Å². The zero-order valence-corrected chi connectivity index (χ0v) is 13.8. The Morgan fingerprint density at radius 3 is 2.67 bits per heavy atom. The van der Waals surface area contributed by atoms with E-state index in [1.165, 1.54) is 18.9 Å². The van der Waals surface area contributed by atoms with Gasteiger partial charge in [0.2, 0.25) is 0 Å². The van der Waals surface area contributed by atoms with Crippen LogP contribution in [0.4, 0.5) is 0 Å². The Kier molecular flexibility index (Phi) is 6.06. The zero-order valence-electron chi connectivity index (χ0n) is 12.2. The first-order chi connectivity index (χ1) is 10.2. The summed E-state index contributed by atoms with van der Waals surface area (Å²) in [5.74, 6) is 1.10. The number of unbranched alkanes of at least 4 members (excludes halogenated alkanes) is 1. The SMILES string of the molecule is CCCCC(Sc1cc2c(cc1Cl)OCCO2)C(=O)OC. The van der Waals surface area contributed by atoms with E-state index in [0.29, 0.717) is 29.7 Å². The Morgan fingerprint density at radius 1 is 1.38 bits per heavy atom. The van der Waals surface area contributed by atoms with Gasteiger partial charge in [0.05, 0.1) is 12.1 Å². The second-order valence-corrected chi connectivity index (χ2v) is 6.35. The zero-order chi connectivity index (χ0) is 15.2. The predicted octanol–water partition coefficient (Wildman–Crippen LogP) is 3.94. The number of benzene rings is 1. The molecule has 21 heavy (non-hydrogen) atoms. The van der Waals surface area contributed by atoms with E-state index in [1.807, 2.05) is 6.07 Å². The molecule has 0 bridgehead atoms. The quantitative estimate of drug-likeness (QED) is 0.584. The maximum absolute atomic E-state index is 11.9. The van der Waals surface area contributed by atoms with Gasteiger partial charge in [0.25, 0.3) is 0 Å². The Labute approximate surface area is 134 Å². The van der Waals surface area contributed by atoms with Gasteiger partial charge in [-0.3, -0.25) is 4.79 Å². The molecule has 1 heterocycles. The van der Waals surface area contributed by atoms with E-state index in [1.54, 1.807) is 6.07 Å². The van der Waals surface area contributed by atoms with Gasteiger partial charge in [-0.1, -0.05) is 31.4 Å². The van der Waals surface area contributed by atoms with Crippen molar-refractivity contribution in [1.29, 1.82) is 0 Å². The number of carbonyl (C=O) groups excluding carboxylic acids is 1. The normalized spacial score (nSPS) is 14.6. The van der Waals surface area contributed by atoms with Gasteiger partial charge in [-0.15, -0.1) is 11.8 Å². The minimum absolute atomic E-state index is 0.223. The molecule has 0 aromatic heterocycles. The summed E-state index contributed by atoms with van der Waals surface area (Å²) in [6.07, 6.45) is 2.76. The molecule has 116 valence electrons. The second kappa shape index (κ2) is 7.80. The Balaban J connectivity index is 2.17. The minimum Gasteiger partial charge on any atom is -0.486 e. The monoisotopic (exact) mass is 330 g/mol. The molecule has 2 rings (SSSR count). The lowest BCUT2D eigenvalue weighted by molar-refractivity contribution is -0.140. The number of hydrogen-bond donors (Lipinski definition) is 0. The molecule has 1 aliphatic rings. The fraction of sp³-hybridized carbons (Fsp3) is 0.533. The lowest BCUT2D eigenvalue weighted by atomic mass is 10.2. The van der Waals surface area contributed by atoms with Crippen molar-refractivity contribution in [3.63, 3.8) is 0 Å². The molecule has 0 spiro atoms. The summed E-state index contributed by atoms with van der Waals surface area (Å²) in [5.41, 5.74) is 0. The highest BCUT2D eigenvalue weighted by Crippen LogP contribution is 2.41. The van der Waals surface area contributed by atoms with Crippen LogP contribution in [0, 0.1) is 0 Å². The van der Waals surface area contributed by atoms with E-state index in [2.05, 4.69) is 6.92 Å². The Bertz CT molecular complexity index is 507. The number of carbonyl (C=O) groups is 1. The van der Waals surface area contributed by atoms with Crippen molar-refractivity contribution < 1.29 is 19.0 Å². The molecule has 1 aromatic rings. The van der Waals surface area contributed by atoms with Gasteiger partial charge >= 0.3 is 5.97 Å². The van der Waals surface area contributed by atoms with Crippen LogP contribution in [0.2, 0.25) is 5.02 Å². The molecule has 4 nitrogen and oxygen atoms in total. The molecule has 6 heteroatoms. The molecule has 0 radical (unpaired) electrons. The molecule has 0 amide bonds. The van der Waals surface area contributed by atoms with E-state index in [0.717, 1.165) is 24.2 Å². The van der Waals surface area contributed by atoms with E-state index in [4.69, 9.17) is 25.8 Å². The molecule has 1 aliphatic heterocycles. The fourth-order valence-corrected chi connectivity index (χ4v) is 3.45. The summed E-state index contributed by atoms with van der Waals surface area (Å²) < 4.78 is 15.9. The van der Waals surface area contributed by atoms with Crippen molar-refractivity contribution >= 4 is 29.3 Å². The number of methoxy groups -OCH3 is 1. The van der Waals surface area contributed by atoms with Gasteiger partial charge in [0.15, 0.2) is 11.5 Å². The summed E-state index contributed by atoms with van der Waals surface area (Å²) in [6, 6.07) is 3.58. The molecule has 0 aliphatic carbocycles. The average Bonchev–Trinajstić information content (AvgIpc) is 2.51. The van der Waals surface area contributed by atoms with Crippen LogP contribution in [0.5, 0.6) is 11.5 Å². The fourth-order valence-electron chi connectivity index (χ4n) is 2.03. The molecule has 1 atom stereocenters. The lowest BCUT2D eigenvalue weighted by Crippen LogP contribution is -2.19. The number of ether oxygens (including phenoxy) is 3. The first kappa shape index (κ1) is 16.3. The average molecular weight is 331 g/mol. The van der Waals surface area contributed by atoms with Crippen LogP contribution in [0.3, 0.4) is 0 Å². The first-order valence-electron chi connectivity index (χ1n) is 6.99. The van der Waals surface area contributed by atoms with Crippen LogP contribution in [0.25, 0.3) is 0 Å². The summed E-state index contributed by atoms with van der Waals surface area (Å²) >= 11 is 7.70. The molecule has 1 unspecified atom stereocenters. The number of hydrogen-bond acceptors (Lipinski definition) is 5. The summed E-state index contributed by atoms with van der Waals surface area (Å²) in [5, 5.41) is 0.310.